The molecule has 8 heteroatoms. The number of thiophene rings is 1. The number of carbonyl (C=O) groups excluding carboxylic acids is 2. The number of hydrogen-bond acceptors (Lipinski definition) is 4. The van der Waals surface area contributed by atoms with E-state index in [2.05, 4.69) is 15.8 Å². The lowest BCUT2D eigenvalue weighted by Crippen LogP contribution is -2.20. The average Bonchev–Trinajstić information content (AvgIpc) is 3.40. The van der Waals surface area contributed by atoms with Gasteiger partial charge in [-0.3, -0.25) is 9.59 Å². The standard InChI is InChI=1S/C23H21ClFN3O2S/c1-13(15-7-4-8-17(11-15)26-22(29)14-5-2-3-6-14)27-28-23(30)21-20(24)18-10-9-16(25)12-19(18)31-21/h4,7-12,14H,2-3,5-6H2,1H3,(H,26,29)(H,28,30). The summed E-state index contributed by atoms with van der Waals surface area (Å²) in [5.41, 5.74) is 4.56. The minimum Gasteiger partial charge on any atom is -0.326 e. The Morgan fingerprint density at radius 2 is 1.94 bits per heavy atom. The first-order valence-corrected chi connectivity index (χ1v) is 11.3. The lowest BCUT2D eigenvalue weighted by molar-refractivity contribution is -0.119. The summed E-state index contributed by atoms with van der Waals surface area (Å²) >= 11 is 7.41. The third kappa shape index (κ3) is 4.78. The van der Waals surface area contributed by atoms with Gasteiger partial charge in [-0.05, 0) is 55.7 Å². The van der Waals surface area contributed by atoms with Crippen molar-refractivity contribution in [2.24, 2.45) is 11.0 Å². The largest absolute Gasteiger partial charge is 0.326 e. The molecule has 0 spiro atoms. The molecule has 0 aliphatic heterocycles. The van der Waals surface area contributed by atoms with Gasteiger partial charge in [0.1, 0.15) is 10.7 Å². The summed E-state index contributed by atoms with van der Waals surface area (Å²) in [5.74, 6) is -0.714. The average molecular weight is 458 g/mol. The Labute approximate surface area is 188 Å². The lowest BCUT2D eigenvalue weighted by Gasteiger charge is -2.11. The fourth-order valence-electron chi connectivity index (χ4n) is 3.69. The van der Waals surface area contributed by atoms with Gasteiger partial charge >= 0.3 is 0 Å². The van der Waals surface area contributed by atoms with Crippen molar-refractivity contribution in [3.05, 3.63) is 63.7 Å². The first kappa shape index (κ1) is 21.5. The van der Waals surface area contributed by atoms with Crippen LogP contribution in [0.5, 0.6) is 0 Å². The van der Waals surface area contributed by atoms with E-state index in [0.29, 0.717) is 21.5 Å². The second kappa shape index (κ2) is 9.16. The molecule has 4 rings (SSSR count). The zero-order chi connectivity index (χ0) is 22.0. The normalized spacial score (nSPS) is 14.7. The molecule has 0 saturated heterocycles. The maximum absolute atomic E-state index is 13.4. The maximum atomic E-state index is 13.4. The highest BCUT2D eigenvalue weighted by atomic mass is 35.5. The molecule has 31 heavy (non-hydrogen) atoms. The monoisotopic (exact) mass is 457 g/mol. The van der Waals surface area contributed by atoms with Crippen molar-refractivity contribution >= 4 is 56.2 Å². The van der Waals surface area contributed by atoms with E-state index in [4.69, 9.17) is 11.6 Å². The second-order valence-corrected chi connectivity index (χ2v) is 9.01. The summed E-state index contributed by atoms with van der Waals surface area (Å²) in [5, 5.41) is 8.05. The SMILES string of the molecule is CC(=NNC(=O)c1sc2cc(F)ccc2c1Cl)c1cccc(NC(=O)C2CCCC2)c1. The van der Waals surface area contributed by atoms with Crippen molar-refractivity contribution in [1.82, 2.24) is 5.43 Å². The van der Waals surface area contributed by atoms with Crippen LogP contribution in [0.3, 0.4) is 0 Å². The first-order chi connectivity index (χ1) is 14.9. The van der Waals surface area contributed by atoms with Gasteiger partial charge in [-0.15, -0.1) is 11.3 Å². The molecule has 2 amide bonds. The van der Waals surface area contributed by atoms with Gasteiger partial charge in [0, 0.05) is 21.7 Å². The van der Waals surface area contributed by atoms with Crippen LogP contribution in [0.1, 0.15) is 47.8 Å². The van der Waals surface area contributed by atoms with E-state index in [1.807, 2.05) is 24.3 Å². The van der Waals surface area contributed by atoms with Crippen LogP contribution < -0.4 is 10.7 Å². The molecule has 1 aliphatic carbocycles. The number of hydrogen-bond donors (Lipinski definition) is 2. The number of hydrazone groups is 1. The number of benzene rings is 2. The summed E-state index contributed by atoms with van der Waals surface area (Å²) in [7, 11) is 0. The van der Waals surface area contributed by atoms with Gasteiger partial charge in [0.2, 0.25) is 5.91 Å². The first-order valence-electron chi connectivity index (χ1n) is 10.1. The minimum atomic E-state index is -0.461. The van der Waals surface area contributed by atoms with Gasteiger partial charge in [-0.1, -0.05) is 36.6 Å². The van der Waals surface area contributed by atoms with Crippen LogP contribution in [0.15, 0.2) is 47.6 Å². The maximum Gasteiger partial charge on any atom is 0.283 e. The number of rotatable bonds is 5. The lowest BCUT2D eigenvalue weighted by atomic mass is 10.1. The molecule has 0 bridgehead atoms. The summed E-state index contributed by atoms with van der Waals surface area (Å²) < 4.78 is 14.0. The van der Waals surface area contributed by atoms with Gasteiger partial charge in [-0.25, -0.2) is 9.82 Å². The third-order valence-corrected chi connectivity index (χ3v) is 7.05. The Hall–Kier alpha value is -2.77. The van der Waals surface area contributed by atoms with Crippen LogP contribution in [-0.4, -0.2) is 17.5 Å². The van der Waals surface area contributed by atoms with E-state index in [1.165, 1.54) is 12.1 Å². The predicted octanol–water partition coefficient (Wildman–Crippen LogP) is 5.98. The highest BCUT2D eigenvalue weighted by Gasteiger charge is 2.22. The molecule has 1 saturated carbocycles. The molecule has 0 unspecified atom stereocenters. The Kier molecular flexibility index (Phi) is 6.34. The Morgan fingerprint density at radius 3 is 2.71 bits per heavy atom. The van der Waals surface area contributed by atoms with Crippen LogP contribution in [0.25, 0.3) is 10.1 Å². The molecule has 1 aliphatic rings. The second-order valence-electron chi connectivity index (χ2n) is 7.58. The molecule has 0 atom stereocenters. The molecule has 1 aromatic heterocycles. The van der Waals surface area contributed by atoms with Gasteiger partial charge in [0.25, 0.3) is 5.91 Å². The number of amides is 2. The summed E-state index contributed by atoms with van der Waals surface area (Å²) in [6.07, 6.45) is 4.07. The van der Waals surface area contributed by atoms with Gasteiger partial charge in [0.05, 0.1) is 10.7 Å². The van der Waals surface area contributed by atoms with Crippen molar-refractivity contribution in [2.75, 3.05) is 5.32 Å². The molecular weight excluding hydrogens is 437 g/mol. The molecule has 1 heterocycles. The van der Waals surface area contributed by atoms with Crippen molar-refractivity contribution in [1.29, 1.82) is 0 Å². The Bertz CT molecular complexity index is 1180. The number of nitrogens with zero attached hydrogens (tertiary/aromatic N) is 1. The van der Waals surface area contributed by atoms with Crippen LogP contribution in [0.4, 0.5) is 10.1 Å². The molecular formula is C23H21ClFN3O2S. The number of nitrogens with one attached hydrogen (secondary N) is 2. The van der Waals surface area contributed by atoms with Crippen LogP contribution in [-0.2, 0) is 4.79 Å². The van der Waals surface area contributed by atoms with Crippen molar-refractivity contribution in [2.45, 2.75) is 32.6 Å². The van der Waals surface area contributed by atoms with Crippen LogP contribution in [0, 0.1) is 11.7 Å². The topological polar surface area (TPSA) is 70.6 Å². The van der Waals surface area contributed by atoms with E-state index in [0.717, 1.165) is 42.6 Å². The Balaban J connectivity index is 1.46. The molecule has 0 radical (unpaired) electrons. The fourth-order valence-corrected chi connectivity index (χ4v) is 5.12. The summed E-state index contributed by atoms with van der Waals surface area (Å²) in [6, 6.07) is 11.6. The smallest absolute Gasteiger partial charge is 0.283 e. The fraction of sp³-hybridized carbons (Fsp3) is 0.261. The summed E-state index contributed by atoms with van der Waals surface area (Å²) in [6.45, 7) is 1.76. The highest BCUT2D eigenvalue weighted by molar-refractivity contribution is 7.21. The zero-order valence-electron chi connectivity index (χ0n) is 16.9. The summed E-state index contributed by atoms with van der Waals surface area (Å²) in [4.78, 5) is 25.2. The minimum absolute atomic E-state index is 0.0494. The van der Waals surface area contributed by atoms with E-state index in [1.54, 1.807) is 13.0 Å². The zero-order valence-corrected chi connectivity index (χ0v) is 18.4. The van der Waals surface area contributed by atoms with Gasteiger partial charge in [-0.2, -0.15) is 5.10 Å². The number of carbonyl (C=O) groups is 2. The van der Waals surface area contributed by atoms with Crippen LogP contribution in [0.2, 0.25) is 5.02 Å². The van der Waals surface area contributed by atoms with E-state index < -0.39 is 5.91 Å². The molecule has 5 nitrogen and oxygen atoms in total. The van der Waals surface area contributed by atoms with Gasteiger partial charge in [0.15, 0.2) is 0 Å². The molecule has 160 valence electrons. The third-order valence-electron chi connectivity index (χ3n) is 5.40. The molecule has 1 fully saturated rings. The van der Waals surface area contributed by atoms with Gasteiger partial charge < -0.3 is 5.32 Å². The number of halogens is 2. The Morgan fingerprint density at radius 1 is 1.16 bits per heavy atom. The molecule has 2 aromatic carbocycles. The molecule has 2 N–H and O–H groups in total. The quantitative estimate of drug-likeness (QED) is 0.365. The highest BCUT2D eigenvalue weighted by Crippen LogP contribution is 2.35. The van der Waals surface area contributed by atoms with Crippen molar-refractivity contribution in [3.8, 4) is 0 Å². The van der Waals surface area contributed by atoms with Crippen molar-refractivity contribution < 1.29 is 14.0 Å². The van der Waals surface area contributed by atoms with E-state index in [9.17, 15) is 14.0 Å². The number of fused-ring (bicyclic) bond motifs is 1. The molecule has 3 aromatic rings. The van der Waals surface area contributed by atoms with E-state index in [-0.39, 0.29) is 27.5 Å². The predicted molar refractivity (Wildman–Crippen MR) is 123 cm³/mol. The van der Waals surface area contributed by atoms with Crippen LogP contribution >= 0.6 is 22.9 Å². The number of anilines is 1. The van der Waals surface area contributed by atoms with E-state index >= 15 is 0 Å². The van der Waals surface area contributed by atoms with Crippen molar-refractivity contribution in [3.63, 3.8) is 0 Å².